The Morgan fingerprint density at radius 3 is 2.78 bits per heavy atom. The molecule has 6 nitrogen and oxygen atoms in total. The molecule has 0 unspecified atom stereocenters. The molecule has 0 saturated carbocycles. The van der Waals surface area contributed by atoms with E-state index in [1.807, 2.05) is 35.2 Å². The minimum atomic E-state index is -0.0534. The van der Waals surface area contributed by atoms with E-state index < -0.39 is 0 Å². The zero-order valence-corrected chi connectivity index (χ0v) is 15.9. The van der Waals surface area contributed by atoms with Gasteiger partial charge in [0.2, 0.25) is 0 Å². The number of nitrogens with one attached hydrogen (secondary N) is 1. The number of amides is 2. The fourth-order valence-corrected chi connectivity index (χ4v) is 3.45. The Labute approximate surface area is 160 Å². The molecule has 2 heterocycles. The number of urea groups is 1. The topological polar surface area (TPSA) is 57.6 Å². The Morgan fingerprint density at radius 2 is 1.96 bits per heavy atom. The lowest BCUT2D eigenvalue weighted by molar-refractivity contribution is 0.211. The molecule has 0 atom stereocenters. The normalized spacial score (nSPS) is 15.4. The molecule has 1 aromatic carbocycles. The van der Waals surface area contributed by atoms with Crippen molar-refractivity contribution in [2.24, 2.45) is 0 Å². The fraction of sp³-hybridized carbons (Fsp3) is 0.429. The zero-order chi connectivity index (χ0) is 19.1. The first-order valence-electron chi connectivity index (χ1n) is 9.68. The van der Waals surface area contributed by atoms with Gasteiger partial charge in [-0.1, -0.05) is 25.1 Å². The molecule has 1 aliphatic heterocycles. The third kappa shape index (κ3) is 5.44. The maximum absolute atomic E-state index is 12.6. The van der Waals surface area contributed by atoms with Crippen molar-refractivity contribution in [1.82, 2.24) is 14.4 Å². The Kier molecular flexibility index (Phi) is 6.65. The number of carbonyl (C=O) groups is 1. The monoisotopic (exact) mass is 368 g/mol. The van der Waals surface area contributed by atoms with Crippen LogP contribution in [-0.2, 0) is 6.54 Å². The van der Waals surface area contributed by atoms with Crippen LogP contribution in [0, 0.1) is 0 Å². The zero-order valence-electron chi connectivity index (χ0n) is 15.9. The molecule has 1 saturated heterocycles. The first kappa shape index (κ1) is 19.2. The number of pyridine rings is 1. The molecule has 3 rings (SSSR count). The second-order valence-electron chi connectivity index (χ2n) is 6.98. The average molecular weight is 368 g/mol. The summed E-state index contributed by atoms with van der Waals surface area (Å²) in [5, 5.41) is 3.01. The summed E-state index contributed by atoms with van der Waals surface area (Å²) in [5.74, 6) is 0. The molecule has 1 fully saturated rings. The number of nitrogens with zero attached hydrogens (tertiary/aromatic N) is 3. The van der Waals surface area contributed by atoms with E-state index in [4.69, 9.17) is 0 Å². The van der Waals surface area contributed by atoms with E-state index >= 15 is 0 Å². The number of hydrogen-bond acceptors (Lipinski definition) is 3. The maximum atomic E-state index is 12.6. The van der Waals surface area contributed by atoms with E-state index in [1.54, 1.807) is 22.9 Å². The van der Waals surface area contributed by atoms with Crippen molar-refractivity contribution >= 4 is 11.7 Å². The van der Waals surface area contributed by atoms with E-state index in [-0.39, 0.29) is 11.6 Å². The minimum absolute atomic E-state index is 0.0341. The Balaban J connectivity index is 1.61. The molecule has 0 aliphatic carbocycles. The van der Waals surface area contributed by atoms with E-state index in [0.717, 1.165) is 56.8 Å². The van der Waals surface area contributed by atoms with Crippen LogP contribution in [0.4, 0.5) is 10.5 Å². The van der Waals surface area contributed by atoms with Gasteiger partial charge in [0.1, 0.15) is 0 Å². The molecular formula is C21H28N4O2. The smallest absolute Gasteiger partial charge is 0.321 e. The molecule has 1 aromatic heterocycles. The maximum Gasteiger partial charge on any atom is 0.321 e. The lowest BCUT2D eigenvalue weighted by atomic mass is 10.2. The molecule has 2 amide bonds. The van der Waals surface area contributed by atoms with Gasteiger partial charge in [0.05, 0.1) is 6.54 Å². The molecule has 0 bridgehead atoms. The highest BCUT2D eigenvalue weighted by atomic mass is 16.2. The number of benzene rings is 1. The molecule has 6 heteroatoms. The largest absolute Gasteiger partial charge is 0.323 e. The second kappa shape index (κ2) is 9.37. The predicted octanol–water partition coefficient (Wildman–Crippen LogP) is 2.85. The third-order valence-electron chi connectivity index (χ3n) is 4.85. The van der Waals surface area contributed by atoms with Crippen LogP contribution < -0.4 is 10.9 Å². The lowest BCUT2D eigenvalue weighted by Crippen LogP contribution is -2.38. The summed E-state index contributed by atoms with van der Waals surface area (Å²) < 4.78 is 1.65. The average Bonchev–Trinajstić information content (AvgIpc) is 2.90. The van der Waals surface area contributed by atoms with E-state index in [2.05, 4.69) is 17.1 Å². The molecular weight excluding hydrogens is 340 g/mol. The molecule has 144 valence electrons. The molecule has 27 heavy (non-hydrogen) atoms. The highest BCUT2D eigenvalue weighted by molar-refractivity contribution is 5.89. The summed E-state index contributed by atoms with van der Waals surface area (Å²) in [6.45, 7) is 7.29. The van der Waals surface area contributed by atoms with Gasteiger partial charge in [0.25, 0.3) is 5.56 Å². The summed E-state index contributed by atoms with van der Waals surface area (Å²) in [6.07, 6.45) is 3.92. The van der Waals surface area contributed by atoms with Crippen LogP contribution in [0.15, 0.2) is 53.5 Å². The number of anilines is 1. The van der Waals surface area contributed by atoms with Crippen molar-refractivity contribution in [3.05, 3.63) is 64.6 Å². The number of hydrogen-bond donors (Lipinski definition) is 1. The standard InChI is InChI=1S/C21H28N4O2/c1-2-10-23-11-6-13-24(15-14-23)21(27)22-19-8-5-7-18(16-19)17-25-12-4-3-9-20(25)26/h3-5,7-9,12,16H,2,6,10-11,13-15,17H2,1H3,(H,22,27). The SMILES string of the molecule is CCCN1CCCN(C(=O)Nc2cccc(Cn3ccccc3=O)c2)CC1. The van der Waals surface area contributed by atoms with E-state index in [9.17, 15) is 9.59 Å². The van der Waals surface area contributed by atoms with Crippen LogP contribution in [0.2, 0.25) is 0 Å². The summed E-state index contributed by atoms with van der Waals surface area (Å²) in [5.41, 5.74) is 1.70. The second-order valence-corrected chi connectivity index (χ2v) is 6.98. The van der Waals surface area contributed by atoms with Gasteiger partial charge in [-0.3, -0.25) is 4.79 Å². The molecule has 0 radical (unpaired) electrons. The van der Waals surface area contributed by atoms with E-state index in [0.29, 0.717) is 6.54 Å². The van der Waals surface area contributed by atoms with Crippen LogP contribution in [-0.4, -0.2) is 53.1 Å². The van der Waals surface area contributed by atoms with Crippen LogP contribution in [0.5, 0.6) is 0 Å². The van der Waals surface area contributed by atoms with Gasteiger partial charge < -0.3 is 19.7 Å². The highest BCUT2D eigenvalue weighted by Gasteiger charge is 2.18. The van der Waals surface area contributed by atoms with Crippen molar-refractivity contribution in [3.63, 3.8) is 0 Å². The Hall–Kier alpha value is -2.60. The number of aromatic nitrogens is 1. The summed E-state index contributed by atoms with van der Waals surface area (Å²) in [7, 11) is 0. The van der Waals surface area contributed by atoms with Gasteiger partial charge >= 0.3 is 6.03 Å². The quantitative estimate of drug-likeness (QED) is 0.883. The summed E-state index contributed by atoms with van der Waals surface area (Å²) in [6, 6.07) is 12.8. The van der Waals surface area contributed by atoms with Gasteiger partial charge in [0, 0.05) is 37.6 Å². The lowest BCUT2D eigenvalue weighted by Gasteiger charge is -2.22. The van der Waals surface area contributed by atoms with Gasteiger partial charge in [0.15, 0.2) is 0 Å². The predicted molar refractivity (Wildman–Crippen MR) is 108 cm³/mol. The molecule has 1 N–H and O–H groups in total. The first-order chi connectivity index (χ1) is 13.2. The number of carbonyl (C=O) groups excluding carboxylic acids is 1. The van der Waals surface area contributed by atoms with Crippen molar-refractivity contribution in [2.45, 2.75) is 26.3 Å². The van der Waals surface area contributed by atoms with Crippen LogP contribution in [0.25, 0.3) is 0 Å². The van der Waals surface area contributed by atoms with Crippen LogP contribution in [0.3, 0.4) is 0 Å². The third-order valence-corrected chi connectivity index (χ3v) is 4.85. The van der Waals surface area contributed by atoms with Gasteiger partial charge in [-0.25, -0.2) is 4.79 Å². The van der Waals surface area contributed by atoms with Crippen molar-refractivity contribution in [1.29, 1.82) is 0 Å². The van der Waals surface area contributed by atoms with Crippen molar-refractivity contribution < 1.29 is 4.79 Å². The summed E-state index contributed by atoms with van der Waals surface area (Å²) in [4.78, 5) is 28.8. The highest BCUT2D eigenvalue weighted by Crippen LogP contribution is 2.13. The van der Waals surface area contributed by atoms with Crippen LogP contribution in [0.1, 0.15) is 25.3 Å². The first-order valence-corrected chi connectivity index (χ1v) is 9.68. The van der Waals surface area contributed by atoms with Gasteiger partial charge in [-0.05, 0) is 49.7 Å². The Bertz CT molecular complexity index is 818. The van der Waals surface area contributed by atoms with Crippen LogP contribution >= 0.6 is 0 Å². The molecule has 2 aromatic rings. The Morgan fingerprint density at radius 1 is 1.07 bits per heavy atom. The van der Waals surface area contributed by atoms with Crippen molar-refractivity contribution in [2.75, 3.05) is 38.0 Å². The van der Waals surface area contributed by atoms with E-state index in [1.165, 1.54) is 0 Å². The number of rotatable bonds is 5. The molecule has 1 aliphatic rings. The van der Waals surface area contributed by atoms with Crippen molar-refractivity contribution in [3.8, 4) is 0 Å². The van der Waals surface area contributed by atoms with Gasteiger partial charge in [-0.2, -0.15) is 0 Å². The summed E-state index contributed by atoms with van der Waals surface area (Å²) >= 11 is 0. The fourth-order valence-electron chi connectivity index (χ4n) is 3.45. The van der Waals surface area contributed by atoms with Gasteiger partial charge in [-0.15, -0.1) is 0 Å². The molecule has 0 spiro atoms. The minimum Gasteiger partial charge on any atom is -0.323 e.